The summed E-state index contributed by atoms with van der Waals surface area (Å²) >= 11 is 0. The summed E-state index contributed by atoms with van der Waals surface area (Å²) in [6, 6.07) is 1.86. The van der Waals surface area contributed by atoms with Gasteiger partial charge in [-0.3, -0.25) is 0 Å². The van der Waals surface area contributed by atoms with Crippen LogP contribution >= 0.6 is 0 Å². The molecule has 0 fully saturated rings. The van der Waals surface area contributed by atoms with Gasteiger partial charge in [0.25, 0.3) is 0 Å². The first kappa shape index (κ1) is 13.7. The van der Waals surface area contributed by atoms with Gasteiger partial charge >= 0.3 is 0 Å². The van der Waals surface area contributed by atoms with Gasteiger partial charge in [-0.1, -0.05) is 20.8 Å². The molecule has 0 saturated carbocycles. The average molecular weight is 237 g/mol. The molecule has 0 aliphatic heterocycles. The SMILES string of the molecule is CC(C)(C)CNc1nccc(NCCCN)n1. The van der Waals surface area contributed by atoms with Crippen LogP contribution in [-0.2, 0) is 0 Å². The third kappa shape index (κ3) is 6.06. The summed E-state index contributed by atoms with van der Waals surface area (Å²) < 4.78 is 0. The van der Waals surface area contributed by atoms with Crippen molar-refractivity contribution in [2.75, 3.05) is 30.3 Å². The zero-order valence-electron chi connectivity index (χ0n) is 11.0. The summed E-state index contributed by atoms with van der Waals surface area (Å²) in [4.78, 5) is 8.56. The Bertz CT molecular complexity index is 332. The summed E-state index contributed by atoms with van der Waals surface area (Å²) in [5.41, 5.74) is 5.65. The van der Waals surface area contributed by atoms with Crippen LogP contribution in [0.25, 0.3) is 0 Å². The molecule has 1 aromatic heterocycles. The molecular weight excluding hydrogens is 214 g/mol. The second-order valence-corrected chi connectivity index (χ2v) is 5.25. The smallest absolute Gasteiger partial charge is 0.224 e. The minimum Gasteiger partial charge on any atom is -0.370 e. The molecule has 0 aromatic carbocycles. The van der Waals surface area contributed by atoms with Crippen molar-refractivity contribution in [2.45, 2.75) is 27.2 Å². The van der Waals surface area contributed by atoms with Gasteiger partial charge in [-0.25, -0.2) is 4.98 Å². The minimum atomic E-state index is 0.215. The first-order valence-electron chi connectivity index (χ1n) is 6.02. The van der Waals surface area contributed by atoms with E-state index in [1.54, 1.807) is 6.20 Å². The quantitative estimate of drug-likeness (QED) is 0.656. The number of hydrogen-bond acceptors (Lipinski definition) is 5. The highest BCUT2D eigenvalue weighted by molar-refractivity contribution is 5.39. The second-order valence-electron chi connectivity index (χ2n) is 5.25. The Hall–Kier alpha value is -1.36. The third-order valence-corrected chi connectivity index (χ3v) is 2.12. The monoisotopic (exact) mass is 237 g/mol. The van der Waals surface area contributed by atoms with Crippen molar-refractivity contribution in [2.24, 2.45) is 11.1 Å². The average Bonchev–Trinajstić information content (AvgIpc) is 2.27. The van der Waals surface area contributed by atoms with Gasteiger partial charge in [0.05, 0.1) is 0 Å². The van der Waals surface area contributed by atoms with Gasteiger partial charge in [0.2, 0.25) is 5.95 Å². The van der Waals surface area contributed by atoms with E-state index in [9.17, 15) is 0 Å². The van der Waals surface area contributed by atoms with Crippen LogP contribution in [0.5, 0.6) is 0 Å². The molecule has 0 amide bonds. The Morgan fingerprint density at radius 3 is 2.71 bits per heavy atom. The molecule has 0 unspecified atom stereocenters. The maximum atomic E-state index is 5.43. The third-order valence-electron chi connectivity index (χ3n) is 2.12. The summed E-state index contributed by atoms with van der Waals surface area (Å²) in [5.74, 6) is 1.50. The second kappa shape index (κ2) is 6.39. The Balaban J connectivity index is 2.48. The van der Waals surface area contributed by atoms with Crippen LogP contribution in [0.15, 0.2) is 12.3 Å². The van der Waals surface area contributed by atoms with E-state index in [1.165, 1.54) is 0 Å². The maximum absolute atomic E-state index is 5.43. The lowest BCUT2D eigenvalue weighted by Gasteiger charge is -2.18. The van der Waals surface area contributed by atoms with Crippen LogP contribution in [0.4, 0.5) is 11.8 Å². The van der Waals surface area contributed by atoms with Gasteiger partial charge in [0.1, 0.15) is 5.82 Å². The van der Waals surface area contributed by atoms with Crippen molar-refractivity contribution in [1.82, 2.24) is 9.97 Å². The van der Waals surface area contributed by atoms with Crippen LogP contribution in [0.3, 0.4) is 0 Å². The normalized spacial score (nSPS) is 11.3. The van der Waals surface area contributed by atoms with E-state index in [4.69, 9.17) is 5.73 Å². The molecule has 1 rings (SSSR count). The first-order valence-corrected chi connectivity index (χ1v) is 6.02. The highest BCUT2D eigenvalue weighted by atomic mass is 15.1. The number of rotatable bonds is 6. The molecule has 1 aromatic rings. The lowest BCUT2D eigenvalue weighted by Crippen LogP contribution is -2.20. The number of nitrogens with zero attached hydrogens (tertiary/aromatic N) is 2. The fourth-order valence-corrected chi connectivity index (χ4v) is 1.21. The van der Waals surface area contributed by atoms with E-state index in [0.29, 0.717) is 12.5 Å². The van der Waals surface area contributed by atoms with Gasteiger partial charge in [-0.15, -0.1) is 0 Å². The molecule has 96 valence electrons. The summed E-state index contributed by atoms with van der Waals surface area (Å²) in [7, 11) is 0. The first-order chi connectivity index (χ1) is 8.01. The molecule has 0 aliphatic rings. The summed E-state index contributed by atoms with van der Waals surface area (Å²) in [5, 5.41) is 6.44. The molecule has 1 heterocycles. The van der Waals surface area contributed by atoms with Gasteiger partial charge < -0.3 is 16.4 Å². The Morgan fingerprint density at radius 2 is 2.06 bits per heavy atom. The Labute approximate surface area is 103 Å². The van der Waals surface area contributed by atoms with Gasteiger partial charge in [0, 0.05) is 19.3 Å². The van der Waals surface area contributed by atoms with E-state index in [-0.39, 0.29) is 5.41 Å². The lowest BCUT2D eigenvalue weighted by atomic mass is 9.97. The number of nitrogens with two attached hydrogens (primary N) is 1. The van der Waals surface area contributed by atoms with Gasteiger partial charge in [-0.05, 0) is 24.4 Å². The maximum Gasteiger partial charge on any atom is 0.224 e. The van der Waals surface area contributed by atoms with Crippen LogP contribution in [0, 0.1) is 5.41 Å². The molecular formula is C12H23N5. The molecule has 0 bridgehead atoms. The highest BCUT2D eigenvalue weighted by Crippen LogP contribution is 2.13. The molecule has 0 spiro atoms. The van der Waals surface area contributed by atoms with Crippen LogP contribution in [-0.4, -0.2) is 29.6 Å². The van der Waals surface area contributed by atoms with Crippen LogP contribution in [0.2, 0.25) is 0 Å². The Kier molecular flexibility index (Phi) is 5.15. The predicted octanol–water partition coefficient (Wildman–Crippen LogP) is 1.70. The van der Waals surface area contributed by atoms with E-state index >= 15 is 0 Å². The molecule has 0 radical (unpaired) electrons. The van der Waals surface area contributed by atoms with Crippen LogP contribution < -0.4 is 16.4 Å². The molecule has 5 nitrogen and oxygen atoms in total. The Morgan fingerprint density at radius 1 is 1.29 bits per heavy atom. The van der Waals surface area contributed by atoms with Crippen molar-refractivity contribution in [1.29, 1.82) is 0 Å². The molecule has 0 saturated heterocycles. The zero-order chi connectivity index (χ0) is 12.7. The highest BCUT2D eigenvalue weighted by Gasteiger charge is 2.10. The largest absolute Gasteiger partial charge is 0.370 e. The number of anilines is 2. The van der Waals surface area contributed by atoms with E-state index in [1.807, 2.05) is 6.07 Å². The van der Waals surface area contributed by atoms with Crippen LogP contribution in [0.1, 0.15) is 27.2 Å². The van der Waals surface area contributed by atoms with E-state index in [2.05, 4.69) is 41.4 Å². The fourth-order valence-electron chi connectivity index (χ4n) is 1.21. The number of nitrogens with one attached hydrogen (secondary N) is 2. The summed E-state index contributed by atoms with van der Waals surface area (Å²) in [6.07, 6.45) is 2.69. The van der Waals surface area contributed by atoms with E-state index < -0.39 is 0 Å². The number of aromatic nitrogens is 2. The van der Waals surface area contributed by atoms with Crippen molar-refractivity contribution in [3.05, 3.63) is 12.3 Å². The molecule has 0 aliphatic carbocycles. The zero-order valence-corrected chi connectivity index (χ0v) is 11.0. The van der Waals surface area contributed by atoms with Gasteiger partial charge in [0.15, 0.2) is 0 Å². The summed E-state index contributed by atoms with van der Waals surface area (Å²) in [6.45, 7) is 8.88. The predicted molar refractivity (Wildman–Crippen MR) is 72.1 cm³/mol. The molecule has 5 heteroatoms. The molecule has 4 N–H and O–H groups in total. The van der Waals surface area contributed by atoms with Crippen molar-refractivity contribution < 1.29 is 0 Å². The fraction of sp³-hybridized carbons (Fsp3) is 0.667. The van der Waals surface area contributed by atoms with Crippen molar-refractivity contribution in [3.8, 4) is 0 Å². The topological polar surface area (TPSA) is 75.9 Å². The number of hydrogen-bond donors (Lipinski definition) is 3. The standard InChI is InChI=1S/C12H23N5/c1-12(2,3)9-16-11-15-8-5-10(17-11)14-7-4-6-13/h5,8H,4,6-7,9,13H2,1-3H3,(H2,14,15,16,17). The van der Waals surface area contributed by atoms with E-state index in [0.717, 1.165) is 25.3 Å². The molecule has 0 atom stereocenters. The lowest BCUT2D eigenvalue weighted by molar-refractivity contribution is 0.442. The van der Waals surface area contributed by atoms with Gasteiger partial charge in [-0.2, -0.15) is 4.98 Å². The minimum absolute atomic E-state index is 0.215. The van der Waals surface area contributed by atoms with Crippen molar-refractivity contribution >= 4 is 11.8 Å². The van der Waals surface area contributed by atoms with Crippen molar-refractivity contribution in [3.63, 3.8) is 0 Å². The molecule has 17 heavy (non-hydrogen) atoms.